The summed E-state index contributed by atoms with van der Waals surface area (Å²) >= 11 is 0. The molecule has 1 heteroatoms. The quantitative estimate of drug-likeness (QED) is 0.500. The highest BCUT2D eigenvalue weighted by molar-refractivity contribution is 5.79. The number of hydrogen-bond donors (Lipinski definition) is 0. The molecule has 0 fully saturated rings. The minimum absolute atomic E-state index is 0.922. The van der Waals surface area contributed by atoms with Crippen LogP contribution in [0.2, 0.25) is 0 Å². The van der Waals surface area contributed by atoms with Crippen LogP contribution >= 0.6 is 0 Å². The molecule has 0 unspecified atom stereocenters. The van der Waals surface area contributed by atoms with Gasteiger partial charge >= 0.3 is 0 Å². The molecule has 0 radical (unpaired) electrons. The second-order valence-corrected chi connectivity index (χ2v) is 5.69. The lowest BCUT2D eigenvalue weighted by atomic mass is 9.97. The summed E-state index contributed by atoms with van der Waals surface area (Å²) in [6.07, 6.45) is 5.26. The molecule has 3 aromatic rings. The third-order valence-electron chi connectivity index (χ3n) is 4.10. The summed E-state index contributed by atoms with van der Waals surface area (Å²) in [7, 11) is 0. The summed E-state index contributed by atoms with van der Waals surface area (Å²) in [5.41, 5.74) is 4.63. The Morgan fingerprint density at radius 3 is 1.96 bits per heavy atom. The average Bonchev–Trinajstić information content (AvgIpc) is 3.00. The zero-order valence-electron chi connectivity index (χ0n) is 13.6. The predicted molar refractivity (Wildman–Crippen MR) is 98.3 cm³/mol. The Labute approximate surface area is 138 Å². The molecule has 116 valence electrons. The van der Waals surface area contributed by atoms with Crippen molar-refractivity contribution in [3.8, 4) is 22.6 Å². The number of unbranched alkanes of at least 4 members (excludes halogenated alkanes) is 1. The molecule has 0 aliphatic carbocycles. The van der Waals surface area contributed by atoms with E-state index in [2.05, 4.69) is 49.9 Å². The third kappa shape index (κ3) is 3.14. The lowest BCUT2D eigenvalue weighted by molar-refractivity contribution is 0.592. The highest BCUT2D eigenvalue weighted by Gasteiger charge is 2.19. The van der Waals surface area contributed by atoms with E-state index in [9.17, 15) is 0 Å². The summed E-state index contributed by atoms with van der Waals surface area (Å²) in [5, 5.41) is 0. The van der Waals surface area contributed by atoms with E-state index in [0.717, 1.165) is 47.5 Å². The van der Waals surface area contributed by atoms with Crippen molar-refractivity contribution in [1.82, 2.24) is 0 Å². The summed E-state index contributed by atoms with van der Waals surface area (Å²) in [6.45, 7) is 6.25. The Balaban J connectivity index is 2.18. The number of benzene rings is 2. The van der Waals surface area contributed by atoms with Gasteiger partial charge in [-0.05, 0) is 12.8 Å². The van der Waals surface area contributed by atoms with Gasteiger partial charge in [-0.25, -0.2) is 0 Å². The molecule has 1 aromatic heterocycles. The summed E-state index contributed by atoms with van der Waals surface area (Å²) in [6, 6.07) is 20.6. The summed E-state index contributed by atoms with van der Waals surface area (Å²) in [4.78, 5) is 0. The lowest BCUT2D eigenvalue weighted by Gasteiger charge is -2.03. The van der Waals surface area contributed by atoms with Gasteiger partial charge in [-0.3, -0.25) is 0 Å². The molecular weight excluding hydrogens is 280 g/mol. The van der Waals surface area contributed by atoms with E-state index in [1.54, 1.807) is 0 Å². The zero-order chi connectivity index (χ0) is 16.1. The average molecular weight is 302 g/mol. The van der Waals surface area contributed by atoms with Crippen molar-refractivity contribution in [2.75, 3.05) is 0 Å². The molecule has 0 saturated heterocycles. The maximum Gasteiger partial charge on any atom is 0.142 e. The monoisotopic (exact) mass is 302 g/mol. The van der Waals surface area contributed by atoms with Gasteiger partial charge in [0.1, 0.15) is 11.5 Å². The first kappa shape index (κ1) is 15.4. The summed E-state index contributed by atoms with van der Waals surface area (Å²) < 4.78 is 6.33. The fraction of sp³-hybridized carbons (Fsp3) is 0.182. The van der Waals surface area contributed by atoms with Gasteiger partial charge in [0.15, 0.2) is 0 Å². The van der Waals surface area contributed by atoms with Crippen LogP contribution in [0.3, 0.4) is 0 Å². The molecule has 0 atom stereocenters. The molecule has 23 heavy (non-hydrogen) atoms. The Kier molecular flexibility index (Phi) is 4.77. The van der Waals surface area contributed by atoms with Crippen LogP contribution in [0, 0.1) is 0 Å². The van der Waals surface area contributed by atoms with Crippen molar-refractivity contribution in [1.29, 1.82) is 0 Å². The van der Waals surface area contributed by atoms with E-state index in [4.69, 9.17) is 4.42 Å². The molecule has 0 spiro atoms. The van der Waals surface area contributed by atoms with Crippen LogP contribution in [0.5, 0.6) is 0 Å². The van der Waals surface area contributed by atoms with Gasteiger partial charge in [0.05, 0.1) is 0 Å². The molecular formula is C22H22O. The van der Waals surface area contributed by atoms with E-state index in [1.807, 2.05) is 30.3 Å². The van der Waals surface area contributed by atoms with Gasteiger partial charge in [-0.1, -0.05) is 86.7 Å². The number of hydrogen-bond acceptors (Lipinski definition) is 1. The first-order chi connectivity index (χ1) is 11.3. The van der Waals surface area contributed by atoms with Crippen molar-refractivity contribution < 1.29 is 4.42 Å². The van der Waals surface area contributed by atoms with Crippen molar-refractivity contribution >= 4 is 6.08 Å². The lowest BCUT2D eigenvalue weighted by Crippen LogP contribution is -1.89. The number of furan rings is 1. The maximum atomic E-state index is 6.33. The molecule has 0 aliphatic rings. The van der Waals surface area contributed by atoms with Gasteiger partial charge in [-0.15, -0.1) is 0 Å². The van der Waals surface area contributed by atoms with E-state index < -0.39 is 0 Å². The van der Waals surface area contributed by atoms with Crippen LogP contribution in [0.4, 0.5) is 0 Å². The minimum Gasteiger partial charge on any atom is -0.455 e. The van der Waals surface area contributed by atoms with Gasteiger partial charge in [0, 0.05) is 22.3 Å². The standard InChI is InChI=1S/C22H22O/c1-3-5-16-20-19(4-2)21(17-12-8-6-9-13-17)23-22(20)18-14-10-7-11-15-18/h4,6-15H,2-3,5,16H2,1H3. The van der Waals surface area contributed by atoms with Crippen molar-refractivity contribution in [3.05, 3.63) is 78.4 Å². The second kappa shape index (κ2) is 7.15. The topological polar surface area (TPSA) is 13.1 Å². The Morgan fingerprint density at radius 2 is 1.43 bits per heavy atom. The van der Waals surface area contributed by atoms with Crippen LogP contribution in [-0.4, -0.2) is 0 Å². The van der Waals surface area contributed by atoms with Crippen LogP contribution in [0.1, 0.15) is 30.9 Å². The second-order valence-electron chi connectivity index (χ2n) is 5.69. The summed E-state index contributed by atoms with van der Waals surface area (Å²) in [5.74, 6) is 1.90. The first-order valence-corrected chi connectivity index (χ1v) is 8.24. The fourth-order valence-corrected chi connectivity index (χ4v) is 2.92. The van der Waals surface area contributed by atoms with Crippen molar-refractivity contribution in [3.63, 3.8) is 0 Å². The Morgan fingerprint density at radius 1 is 0.870 bits per heavy atom. The normalized spacial score (nSPS) is 10.7. The Bertz CT molecular complexity index is 766. The molecule has 0 amide bonds. The molecule has 3 rings (SSSR count). The molecule has 0 saturated carbocycles. The minimum atomic E-state index is 0.922. The Hall–Kier alpha value is -2.54. The third-order valence-corrected chi connectivity index (χ3v) is 4.10. The van der Waals surface area contributed by atoms with Crippen molar-refractivity contribution in [2.45, 2.75) is 26.2 Å². The largest absolute Gasteiger partial charge is 0.455 e. The molecule has 0 bridgehead atoms. The SMILES string of the molecule is C=Cc1c(-c2ccccc2)oc(-c2ccccc2)c1CCCC. The van der Waals surface area contributed by atoms with Crippen LogP contribution < -0.4 is 0 Å². The van der Waals surface area contributed by atoms with E-state index in [0.29, 0.717) is 0 Å². The molecule has 1 heterocycles. The molecule has 0 aliphatic heterocycles. The van der Waals surface area contributed by atoms with E-state index in [1.165, 1.54) is 5.56 Å². The predicted octanol–water partition coefficient (Wildman–Crippen LogP) is 6.60. The zero-order valence-corrected chi connectivity index (χ0v) is 13.6. The maximum absolute atomic E-state index is 6.33. The van der Waals surface area contributed by atoms with Crippen LogP contribution in [0.15, 0.2) is 71.7 Å². The number of rotatable bonds is 6. The smallest absolute Gasteiger partial charge is 0.142 e. The highest BCUT2D eigenvalue weighted by atomic mass is 16.3. The molecule has 0 N–H and O–H groups in total. The van der Waals surface area contributed by atoms with Gasteiger partial charge in [0.25, 0.3) is 0 Å². The van der Waals surface area contributed by atoms with Gasteiger partial charge in [0.2, 0.25) is 0 Å². The molecule has 1 nitrogen and oxygen atoms in total. The fourth-order valence-electron chi connectivity index (χ4n) is 2.92. The first-order valence-electron chi connectivity index (χ1n) is 8.24. The van der Waals surface area contributed by atoms with E-state index >= 15 is 0 Å². The van der Waals surface area contributed by atoms with E-state index in [-0.39, 0.29) is 0 Å². The van der Waals surface area contributed by atoms with Crippen molar-refractivity contribution in [2.24, 2.45) is 0 Å². The van der Waals surface area contributed by atoms with Crippen LogP contribution in [0.25, 0.3) is 28.7 Å². The molecule has 2 aromatic carbocycles. The van der Waals surface area contributed by atoms with Gasteiger partial charge < -0.3 is 4.42 Å². The van der Waals surface area contributed by atoms with Crippen LogP contribution in [-0.2, 0) is 6.42 Å². The van der Waals surface area contributed by atoms with Gasteiger partial charge in [-0.2, -0.15) is 0 Å². The highest BCUT2D eigenvalue weighted by Crippen LogP contribution is 2.38.